The zero-order valence-electron chi connectivity index (χ0n) is 12.0. The molecule has 6 heteroatoms. The van der Waals surface area contributed by atoms with E-state index >= 15 is 0 Å². The van der Waals surface area contributed by atoms with Gasteiger partial charge in [-0.2, -0.15) is 0 Å². The lowest BCUT2D eigenvalue weighted by molar-refractivity contribution is -0.117. The Kier molecular flexibility index (Phi) is 5.01. The van der Waals surface area contributed by atoms with Gasteiger partial charge in [-0.05, 0) is 42.6 Å². The molecule has 1 atom stereocenters. The van der Waals surface area contributed by atoms with Crippen LogP contribution >= 0.6 is 15.9 Å². The molecule has 1 aliphatic heterocycles. The standard InChI is InChI=1S/C14H20BrN3O2/c1-4-16-13-9-7-10(15)12(20-6-5-18(2)3)8-11(9)17-14(13)19/h7-8,13,16H,4-6H2,1-3H3,(H,17,19). The lowest BCUT2D eigenvalue weighted by Crippen LogP contribution is -2.27. The number of likely N-dealkylation sites (N-methyl/N-ethyl adjacent to an activating group) is 2. The number of ether oxygens (including phenoxy) is 1. The third kappa shape index (κ3) is 3.31. The van der Waals surface area contributed by atoms with Gasteiger partial charge in [0.2, 0.25) is 5.91 Å². The van der Waals surface area contributed by atoms with Gasteiger partial charge in [-0.15, -0.1) is 0 Å². The van der Waals surface area contributed by atoms with Crippen molar-refractivity contribution < 1.29 is 9.53 Å². The van der Waals surface area contributed by atoms with Crippen molar-refractivity contribution in [3.63, 3.8) is 0 Å². The van der Waals surface area contributed by atoms with Gasteiger partial charge >= 0.3 is 0 Å². The Morgan fingerprint density at radius 3 is 2.85 bits per heavy atom. The molecule has 0 aliphatic carbocycles. The first kappa shape index (κ1) is 15.3. The normalized spacial score (nSPS) is 17.2. The SMILES string of the molecule is CCNC1C(=O)Nc2cc(OCCN(C)C)c(Br)cc21. The van der Waals surface area contributed by atoms with Crippen molar-refractivity contribution in [2.24, 2.45) is 0 Å². The fourth-order valence-electron chi connectivity index (χ4n) is 2.12. The second-order valence-electron chi connectivity index (χ2n) is 5.00. The van der Waals surface area contributed by atoms with Gasteiger partial charge in [-0.3, -0.25) is 4.79 Å². The Labute approximate surface area is 127 Å². The maximum absolute atomic E-state index is 11.9. The van der Waals surface area contributed by atoms with Gasteiger partial charge in [0, 0.05) is 23.9 Å². The average Bonchev–Trinajstić information content (AvgIpc) is 2.66. The van der Waals surface area contributed by atoms with Crippen LogP contribution in [0.15, 0.2) is 16.6 Å². The second-order valence-corrected chi connectivity index (χ2v) is 5.86. The van der Waals surface area contributed by atoms with Crippen LogP contribution in [0.25, 0.3) is 0 Å². The number of amides is 1. The largest absolute Gasteiger partial charge is 0.491 e. The molecule has 1 aliphatic rings. The average molecular weight is 342 g/mol. The van der Waals surface area contributed by atoms with Crippen LogP contribution in [0.2, 0.25) is 0 Å². The molecule has 0 saturated heterocycles. The van der Waals surface area contributed by atoms with Gasteiger partial charge in [0.25, 0.3) is 0 Å². The molecule has 0 saturated carbocycles. The highest BCUT2D eigenvalue weighted by atomic mass is 79.9. The minimum atomic E-state index is -0.276. The Morgan fingerprint density at radius 1 is 1.45 bits per heavy atom. The van der Waals surface area contributed by atoms with Crippen molar-refractivity contribution in [1.82, 2.24) is 10.2 Å². The zero-order chi connectivity index (χ0) is 14.7. The highest BCUT2D eigenvalue weighted by molar-refractivity contribution is 9.10. The predicted molar refractivity (Wildman–Crippen MR) is 83.2 cm³/mol. The molecule has 20 heavy (non-hydrogen) atoms. The van der Waals surface area contributed by atoms with Gasteiger partial charge in [0.05, 0.1) is 4.47 Å². The molecule has 0 spiro atoms. The summed E-state index contributed by atoms with van der Waals surface area (Å²) in [6.45, 7) is 4.18. The Hall–Kier alpha value is -1.11. The van der Waals surface area contributed by atoms with Crippen LogP contribution in [0.4, 0.5) is 5.69 Å². The number of benzene rings is 1. The number of hydrogen-bond acceptors (Lipinski definition) is 4. The summed E-state index contributed by atoms with van der Waals surface area (Å²) < 4.78 is 6.61. The van der Waals surface area contributed by atoms with Crippen molar-refractivity contribution in [3.05, 3.63) is 22.2 Å². The molecular weight excluding hydrogens is 322 g/mol. The Balaban J connectivity index is 2.15. The number of fused-ring (bicyclic) bond motifs is 1. The van der Waals surface area contributed by atoms with Crippen LogP contribution < -0.4 is 15.4 Å². The number of nitrogens with zero attached hydrogens (tertiary/aromatic N) is 1. The monoisotopic (exact) mass is 341 g/mol. The van der Waals surface area contributed by atoms with E-state index in [4.69, 9.17) is 4.74 Å². The summed E-state index contributed by atoms with van der Waals surface area (Å²) in [6.07, 6.45) is 0. The highest BCUT2D eigenvalue weighted by Gasteiger charge is 2.30. The van der Waals surface area contributed by atoms with E-state index in [9.17, 15) is 4.79 Å². The van der Waals surface area contributed by atoms with Gasteiger partial charge in [-0.1, -0.05) is 6.92 Å². The molecule has 1 unspecified atom stereocenters. The van der Waals surface area contributed by atoms with E-state index < -0.39 is 0 Å². The summed E-state index contributed by atoms with van der Waals surface area (Å²) in [5, 5.41) is 6.06. The van der Waals surface area contributed by atoms with E-state index in [1.807, 2.05) is 33.2 Å². The highest BCUT2D eigenvalue weighted by Crippen LogP contribution is 2.38. The first-order valence-corrected chi connectivity index (χ1v) is 7.47. The minimum absolute atomic E-state index is 0.0146. The molecule has 0 aromatic heterocycles. The van der Waals surface area contributed by atoms with Gasteiger partial charge in [-0.25, -0.2) is 0 Å². The van der Waals surface area contributed by atoms with Crippen molar-refractivity contribution in [1.29, 1.82) is 0 Å². The molecule has 110 valence electrons. The molecule has 1 aromatic rings. The van der Waals surface area contributed by atoms with Crippen LogP contribution in [0, 0.1) is 0 Å². The van der Waals surface area contributed by atoms with E-state index in [1.54, 1.807) is 0 Å². The van der Waals surface area contributed by atoms with Crippen LogP contribution in [0.1, 0.15) is 18.5 Å². The molecule has 0 fully saturated rings. The first-order chi connectivity index (χ1) is 9.52. The fraction of sp³-hybridized carbons (Fsp3) is 0.500. The smallest absolute Gasteiger partial charge is 0.246 e. The summed E-state index contributed by atoms with van der Waals surface area (Å²) in [5.41, 5.74) is 1.78. The van der Waals surface area contributed by atoms with Crippen LogP contribution in [-0.2, 0) is 4.79 Å². The van der Waals surface area contributed by atoms with Gasteiger partial charge < -0.3 is 20.3 Å². The molecule has 0 bridgehead atoms. The van der Waals surface area contributed by atoms with Crippen molar-refractivity contribution in [3.8, 4) is 5.75 Å². The summed E-state index contributed by atoms with van der Waals surface area (Å²) in [5.74, 6) is 0.738. The Bertz CT molecular complexity index is 505. The Morgan fingerprint density at radius 2 is 2.20 bits per heavy atom. The topological polar surface area (TPSA) is 53.6 Å². The van der Waals surface area contributed by atoms with Crippen molar-refractivity contribution >= 4 is 27.5 Å². The molecule has 5 nitrogen and oxygen atoms in total. The molecule has 1 aromatic carbocycles. The number of hydrogen-bond donors (Lipinski definition) is 2. The van der Waals surface area contributed by atoms with E-state index in [2.05, 4.69) is 31.5 Å². The van der Waals surface area contributed by atoms with Crippen LogP contribution in [0.5, 0.6) is 5.75 Å². The predicted octanol–water partition coefficient (Wildman–Crippen LogP) is 1.99. The molecule has 1 amide bonds. The summed E-state index contributed by atoms with van der Waals surface area (Å²) in [7, 11) is 4.00. The molecular formula is C14H20BrN3O2. The number of rotatable bonds is 6. The third-order valence-corrected chi connectivity index (χ3v) is 3.76. The molecule has 2 N–H and O–H groups in total. The van der Waals surface area contributed by atoms with Crippen LogP contribution in [0.3, 0.4) is 0 Å². The van der Waals surface area contributed by atoms with E-state index in [-0.39, 0.29) is 11.9 Å². The zero-order valence-corrected chi connectivity index (χ0v) is 13.6. The number of nitrogens with one attached hydrogen (secondary N) is 2. The number of anilines is 1. The second kappa shape index (κ2) is 6.56. The first-order valence-electron chi connectivity index (χ1n) is 6.68. The maximum atomic E-state index is 11.9. The maximum Gasteiger partial charge on any atom is 0.246 e. The number of carbonyl (C=O) groups is 1. The third-order valence-electron chi connectivity index (χ3n) is 3.14. The van der Waals surface area contributed by atoms with Crippen LogP contribution in [-0.4, -0.2) is 44.6 Å². The van der Waals surface area contributed by atoms with Crippen molar-refractivity contribution in [2.45, 2.75) is 13.0 Å². The molecule has 1 heterocycles. The summed E-state index contributed by atoms with van der Waals surface area (Å²) in [6, 6.07) is 3.55. The quantitative estimate of drug-likeness (QED) is 0.830. The van der Waals surface area contributed by atoms with Crippen molar-refractivity contribution in [2.75, 3.05) is 39.1 Å². The summed E-state index contributed by atoms with van der Waals surface area (Å²) in [4.78, 5) is 14.0. The minimum Gasteiger partial charge on any atom is -0.491 e. The molecule has 0 radical (unpaired) electrons. The number of carbonyl (C=O) groups excluding carboxylic acids is 1. The lowest BCUT2D eigenvalue weighted by atomic mass is 10.1. The van der Waals surface area contributed by atoms with Gasteiger partial charge in [0.1, 0.15) is 18.4 Å². The van der Waals surface area contributed by atoms with E-state index in [0.717, 1.165) is 34.6 Å². The number of halogens is 1. The fourth-order valence-corrected chi connectivity index (χ4v) is 2.59. The van der Waals surface area contributed by atoms with E-state index in [1.165, 1.54) is 0 Å². The van der Waals surface area contributed by atoms with Gasteiger partial charge in [0.15, 0.2) is 0 Å². The summed E-state index contributed by atoms with van der Waals surface area (Å²) >= 11 is 3.51. The lowest BCUT2D eigenvalue weighted by Gasteiger charge is -2.14. The van der Waals surface area contributed by atoms with E-state index in [0.29, 0.717) is 6.61 Å². The molecule has 2 rings (SSSR count).